The average Bonchev–Trinajstić information content (AvgIpc) is 3.61. The van der Waals surface area contributed by atoms with Gasteiger partial charge in [0.25, 0.3) is 10.0 Å². The Kier molecular flexibility index (Phi) is 7.67. The van der Waals surface area contributed by atoms with Gasteiger partial charge in [-0.05, 0) is 82.0 Å². The van der Waals surface area contributed by atoms with Crippen LogP contribution in [-0.2, 0) is 35.8 Å². The average molecular weight is 608 g/mol. The summed E-state index contributed by atoms with van der Waals surface area (Å²) < 4.78 is 116. The van der Waals surface area contributed by atoms with Gasteiger partial charge in [0.15, 0.2) is 9.84 Å². The first-order chi connectivity index (χ1) is 18.3. The summed E-state index contributed by atoms with van der Waals surface area (Å²) in [7, 11) is -7.76. The molecule has 2 aromatic rings. The molecule has 0 amide bonds. The van der Waals surface area contributed by atoms with Crippen molar-refractivity contribution in [2.24, 2.45) is 0 Å². The van der Waals surface area contributed by atoms with Crippen LogP contribution in [0.5, 0.6) is 5.75 Å². The maximum atomic E-state index is 13.6. The SMILES string of the molecule is CC(C)(OC(=O)Cc1ccc2c(c1)N(S(=O)(=O)c1ccc(F)cc1)C[C@H](CCS(=O)(=O)C1(C)CC1)O2)C(F)(F)F. The zero-order chi connectivity index (χ0) is 29.7. The highest BCUT2D eigenvalue weighted by Gasteiger charge is 2.51. The molecule has 4 rings (SSSR count). The number of alkyl halides is 3. The topological polar surface area (TPSA) is 107 Å². The number of nitrogens with zero attached hydrogens (tertiary/aromatic N) is 1. The van der Waals surface area contributed by atoms with Crippen LogP contribution in [0.25, 0.3) is 0 Å². The van der Waals surface area contributed by atoms with Crippen molar-refractivity contribution in [1.29, 1.82) is 0 Å². The lowest BCUT2D eigenvalue weighted by atomic mass is 10.1. The summed E-state index contributed by atoms with van der Waals surface area (Å²) in [6, 6.07) is 8.14. The molecule has 40 heavy (non-hydrogen) atoms. The van der Waals surface area contributed by atoms with Crippen LogP contribution in [0.3, 0.4) is 0 Å². The molecule has 1 fully saturated rings. The highest BCUT2D eigenvalue weighted by atomic mass is 32.2. The van der Waals surface area contributed by atoms with E-state index in [0.717, 1.165) is 28.6 Å². The molecular formula is C26H29F4NO7S2. The minimum atomic E-state index is -4.80. The summed E-state index contributed by atoms with van der Waals surface area (Å²) in [5, 5.41) is 0. The van der Waals surface area contributed by atoms with Gasteiger partial charge in [0.05, 0.1) is 34.0 Å². The predicted octanol–water partition coefficient (Wildman–Crippen LogP) is 4.57. The number of esters is 1. The van der Waals surface area contributed by atoms with E-state index in [1.807, 2.05) is 0 Å². The normalized spacial score (nSPS) is 19.0. The van der Waals surface area contributed by atoms with Crippen molar-refractivity contribution in [3.63, 3.8) is 0 Å². The second kappa shape index (κ2) is 10.2. The van der Waals surface area contributed by atoms with Crippen LogP contribution in [0.1, 0.15) is 45.6 Å². The molecule has 0 saturated heterocycles. The zero-order valence-electron chi connectivity index (χ0n) is 22.0. The second-order valence-corrected chi connectivity index (χ2v) is 15.2. The van der Waals surface area contributed by atoms with Crippen molar-refractivity contribution in [3.05, 3.63) is 53.8 Å². The first-order valence-electron chi connectivity index (χ1n) is 12.4. The van der Waals surface area contributed by atoms with Crippen molar-refractivity contribution >= 4 is 31.5 Å². The van der Waals surface area contributed by atoms with E-state index in [4.69, 9.17) is 4.74 Å². The number of hydrogen-bond acceptors (Lipinski definition) is 7. The largest absolute Gasteiger partial charge is 0.486 e. The summed E-state index contributed by atoms with van der Waals surface area (Å²) in [5.74, 6) is -1.97. The molecule has 0 radical (unpaired) electrons. The van der Waals surface area contributed by atoms with E-state index in [-0.39, 0.29) is 40.6 Å². The molecule has 0 unspecified atom stereocenters. The first kappa shape index (κ1) is 30.1. The highest BCUT2D eigenvalue weighted by Crippen LogP contribution is 2.44. The van der Waals surface area contributed by atoms with E-state index >= 15 is 0 Å². The molecule has 1 atom stereocenters. The predicted molar refractivity (Wildman–Crippen MR) is 138 cm³/mol. The Labute approximate surface area is 230 Å². The van der Waals surface area contributed by atoms with E-state index in [9.17, 15) is 39.2 Å². The standard InChI is InChI=1S/C26H29F4NO7S2/c1-24(2,26(28,29)30)38-23(32)15-17-4-9-22-21(14-17)31(40(35,36)20-7-5-18(27)6-8-20)16-19(37-22)10-13-39(33,34)25(3)11-12-25/h4-9,14,19H,10-13,15-16H2,1-3H3/t19-/m0/s1. The molecule has 14 heteroatoms. The molecule has 8 nitrogen and oxygen atoms in total. The summed E-state index contributed by atoms with van der Waals surface area (Å²) in [6.07, 6.45) is -5.11. The van der Waals surface area contributed by atoms with Crippen molar-refractivity contribution in [3.8, 4) is 5.75 Å². The van der Waals surface area contributed by atoms with Crippen LogP contribution in [-0.4, -0.2) is 57.7 Å². The number of ether oxygens (including phenoxy) is 2. The van der Waals surface area contributed by atoms with Crippen LogP contribution in [0.2, 0.25) is 0 Å². The van der Waals surface area contributed by atoms with Crippen LogP contribution >= 0.6 is 0 Å². The summed E-state index contributed by atoms with van der Waals surface area (Å²) in [5.41, 5.74) is -2.57. The van der Waals surface area contributed by atoms with E-state index in [2.05, 4.69) is 4.74 Å². The van der Waals surface area contributed by atoms with Gasteiger partial charge in [0, 0.05) is 0 Å². The van der Waals surface area contributed by atoms with E-state index in [0.29, 0.717) is 26.7 Å². The molecule has 0 N–H and O–H groups in total. The third-order valence-electron chi connectivity index (χ3n) is 7.17. The Balaban J connectivity index is 1.63. The lowest BCUT2D eigenvalue weighted by Gasteiger charge is -2.36. The quantitative estimate of drug-likeness (QED) is 0.304. The Morgan fingerprint density at radius 2 is 1.70 bits per heavy atom. The number of sulfone groups is 1. The number of rotatable bonds is 9. The molecule has 0 spiro atoms. The number of fused-ring (bicyclic) bond motifs is 1. The molecule has 0 bridgehead atoms. The Morgan fingerprint density at radius 1 is 1.07 bits per heavy atom. The van der Waals surface area contributed by atoms with Gasteiger partial charge in [0.2, 0.25) is 5.60 Å². The smallest absolute Gasteiger partial charge is 0.427 e. The molecule has 2 aromatic carbocycles. The van der Waals surface area contributed by atoms with Gasteiger partial charge in [-0.15, -0.1) is 0 Å². The second-order valence-electron chi connectivity index (χ2n) is 10.7. The van der Waals surface area contributed by atoms with Gasteiger partial charge in [-0.2, -0.15) is 13.2 Å². The van der Waals surface area contributed by atoms with Crippen molar-refractivity contribution in [2.45, 2.75) is 74.0 Å². The van der Waals surface area contributed by atoms with Gasteiger partial charge in [-0.1, -0.05) is 6.07 Å². The highest BCUT2D eigenvalue weighted by molar-refractivity contribution is 7.93. The minimum absolute atomic E-state index is 0.00188. The van der Waals surface area contributed by atoms with Gasteiger partial charge in [-0.3, -0.25) is 9.10 Å². The van der Waals surface area contributed by atoms with Gasteiger partial charge in [-0.25, -0.2) is 21.2 Å². The number of halogens is 4. The van der Waals surface area contributed by atoms with Crippen LogP contribution in [0, 0.1) is 5.82 Å². The van der Waals surface area contributed by atoms with E-state index in [1.165, 1.54) is 18.2 Å². The van der Waals surface area contributed by atoms with Crippen molar-refractivity contribution in [1.82, 2.24) is 0 Å². The molecule has 0 aromatic heterocycles. The van der Waals surface area contributed by atoms with Crippen molar-refractivity contribution < 1.29 is 48.7 Å². The summed E-state index contributed by atoms with van der Waals surface area (Å²) in [6.45, 7) is 2.81. The Bertz CT molecular complexity index is 1500. The molecule has 220 valence electrons. The van der Waals surface area contributed by atoms with Crippen LogP contribution in [0.4, 0.5) is 23.2 Å². The number of sulfonamides is 1. The summed E-state index contributed by atoms with van der Waals surface area (Å²) >= 11 is 0. The van der Waals surface area contributed by atoms with E-state index < -0.39 is 60.7 Å². The molecular weight excluding hydrogens is 578 g/mol. The molecule has 1 saturated carbocycles. The number of carbonyl (C=O) groups excluding carboxylic acids is 1. The lowest BCUT2D eigenvalue weighted by Crippen LogP contribution is -2.44. The van der Waals surface area contributed by atoms with Crippen molar-refractivity contribution in [2.75, 3.05) is 16.6 Å². The lowest BCUT2D eigenvalue weighted by molar-refractivity contribution is -0.257. The van der Waals surface area contributed by atoms with Crippen LogP contribution < -0.4 is 9.04 Å². The molecule has 1 heterocycles. The van der Waals surface area contributed by atoms with Crippen LogP contribution in [0.15, 0.2) is 47.4 Å². The van der Waals surface area contributed by atoms with Gasteiger partial charge >= 0.3 is 12.1 Å². The third kappa shape index (κ3) is 6.07. The van der Waals surface area contributed by atoms with Gasteiger partial charge < -0.3 is 9.47 Å². The zero-order valence-corrected chi connectivity index (χ0v) is 23.6. The monoisotopic (exact) mass is 607 g/mol. The maximum Gasteiger partial charge on any atom is 0.427 e. The Morgan fingerprint density at radius 3 is 2.27 bits per heavy atom. The fraction of sp³-hybridized carbons (Fsp3) is 0.500. The molecule has 2 aliphatic rings. The number of anilines is 1. The molecule has 1 aliphatic carbocycles. The fourth-order valence-corrected chi connectivity index (χ4v) is 7.43. The third-order valence-corrected chi connectivity index (χ3v) is 11.6. The first-order valence-corrected chi connectivity index (χ1v) is 15.5. The number of benzene rings is 2. The molecule has 1 aliphatic heterocycles. The summed E-state index contributed by atoms with van der Waals surface area (Å²) in [4.78, 5) is 12.1. The maximum absolute atomic E-state index is 13.6. The Hall–Kier alpha value is -2.87. The number of carbonyl (C=O) groups is 1. The van der Waals surface area contributed by atoms with E-state index in [1.54, 1.807) is 6.92 Å². The number of hydrogen-bond donors (Lipinski definition) is 0. The van der Waals surface area contributed by atoms with Gasteiger partial charge in [0.1, 0.15) is 17.7 Å². The fourth-order valence-electron chi connectivity index (χ4n) is 4.14. The minimum Gasteiger partial charge on any atom is -0.486 e.